The van der Waals surface area contributed by atoms with E-state index in [1.807, 2.05) is 17.0 Å². The highest BCUT2D eigenvalue weighted by Crippen LogP contribution is 2.27. The molecule has 0 unspecified atom stereocenters. The number of aromatic nitrogens is 3. The molecule has 5 nitrogen and oxygen atoms in total. The highest BCUT2D eigenvalue weighted by Gasteiger charge is 2.08. The van der Waals surface area contributed by atoms with E-state index in [0.717, 1.165) is 17.3 Å². The van der Waals surface area contributed by atoms with E-state index in [9.17, 15) is 4.79 Å². The molecule has 0 atom stereocenters. The van der Waals surface area contributed by atoms with Gasteiger partial charge in [-0.1, -0.05) is 0 Å². The van der Waals surface area contributed by atoms with Gasteiger partial charge in [-0.15, -0.1) is 23.1 Å². The minimum Gasteiger partial charge on any atom is -0.477 e. The third-order valence-electron chi connectivity index (χ3n) is 2.15. The van der Waals surface area contributed by atoms with Gasteiger partial charge >= 0.3 is 5.97 Å². The first-order valence-electron chi connectivity index (χ1n) is 5.02. The summed E-state index contributed by atoms with van der Waals surface area (Å²) in [5.74, 6) is 0.725. The van der Waals surface area contributed by atoms with Crippen LogP contribution in [0.3, 0.4) is 0 Å². The lowest BCUT2D eigenvalue weighted by atomic mass is 10.5. The molecule has 0 amide bonds. The Morgan fingerprint density at radius 3 is 3.12 bits per heavy atom. The summed E-state index contributed by atoms with van der Waals surface area (Å²) in [6, 6.07) is 1.68. The quantitative estimate of drug-likeness (QED) is 0.844. The topological polar surface area (TPSA) is 68.0 Å². The van der Waals surface area contributed by atoms with Gasteiger partial charge in [0.1, 0.15) is 17.0 Å². The molecule has 0 saturated carbocycles. The molecule has 0 aromatic carbocycles. The van der Waals surface area contributed by atoms with Crippen LogP contribution in [0.2, 0.25) is 0 Å². The zero-order chi connectivity index (χ0) is 12.3. The summed E-state index contributed by atoms with van der Waals surface area (Å²) < 4.78 is 1.83. The Kier molecular flexibility index (Phi) is 3.80. The number of carboxylic acids is 1. The minimum atomic E-state index is -0.876. The van der Waals surface area contributed by atoms with Crippen molar-refractivity contribution in [2.24, 2.45) is 0 Å². The fourth-order valence-electron chi connectivity index (χ4n) is 1.32. The van der Waals surface area contributed by atoms with Crippen molar-refractivity contribution in [3.8, 4) is 0 Å². The third-order valence-corrected chi connectivity index (χ3v) is 4.19. The molecule has 90 valence electrons. The number of hydrogen-bond donors (Lipinski definition) is 1. The normalized spacial score (nSPS) is 10.6. The monoisotopic (exact) mass is 269 g/mol. The number of thioether (sulfide) groups is 1. The molecule has 7 heteroatoms. The molecule has 0 saturated heterocycles. The van der Waals surface area contributed by atoms with Gasteiger partial charge in [-0.2, -0.15) is 5.10 Å². The van der Waals surface area contributed by atoms with E-state index in [-0.39, 0.29) is 0 Å². The molecule has 0 bridgehead atoms. The summed E-state index contributed by atoms with van der Waals surface area (Å²) in [4.78, 5) is 16.2. The maximum Gasteiger partial charge on any atom is 0.345 e. The molecular formula is C10H11N3O2S2. The Morgan fingerprint density at radius 2 is 2.47 bits per heavy atom. The van der Waals surface area contributed by atoms with E-state index in [1.165, 1.54) is 17.7 Å². The Hall–Kier alpha value is -1.34. The van der Waals surface area contributed by atoms with Crippen LogP contribution in [-0.4, -0.2) is 25.8 Å². The van der Waals surface area contributed by atoms with Gasteiger partial charge in [0.2, 0.25) is 0 Å². The van der Waals surface area contributed by atoms with Crippen molar-refractivity contribution in [1.29, 1.82) is 0 Å². The van der Waals surface area contributed by atoms with Crippen molar-refractivity contribution in [2.45, 2.75) is 24.1 Å². The SMILES string of the molecule is CCn1ncnc1CSc1csc(C(=O)O)c1. The van der Waals surface area contributed by atoms with Crippen molar-refractivity contribution < 1.29 is 9.90 Å². The summed E-state index contributed by atoms with van der Waals surface area (Å²) in [5.41, 5.74) is 0. The number of aromatic carboxylic acids is 1. The average Bonchev–Trinajstić information content (AvgIpc) is 2.95. The first-order valence-corrected chi connectivity index (χ1v) is 6.88. The van der Waals surface area contributed by atoms with Crippen molar-refractivity contribution in [3.05, 3.63) is 28.5 Å². The third kappa shape index (κ3) is 2.86. The van der Waals surface area contributed by atoms with Crippen molar-refractivity contribution >= 4 is 29.1 Å². The Bertz CT molecular complexity index is 521. The minimum absolute atomic E-state index is 0.365. The molecule has 1 N–H and O–H groups in total. The highest BCUT2D eigenvalue weighted by atomic mass is 32.2. The largest absolute Gasteiger partial charge is 0.477 e. The van der Waals surface area contributed by atoms with Gasteiger partial charge in [-0.3, -0.25) is 0 Å². The number of thiophene rings is 1. The number of nitrogens with zero attached hydrogens (tertiary/aromatic N) is 3. The number of carbonyl (C=O) groups is 1. The molecule has 2 heterocycles. The second-order valence-corrected chi connectivity index (χ2v) is 5.19. The van der Waals surface area contributed by atoms with Crippen molar-refractivity contribution in [3.63, 3.8) is 0 Å². The molecule has 0 fully saturated rings. The molecular weight excluding hydrogens is 258 g/mol. The maximum absolute atomic E-state index is 10.7. The summed E-state index contributed by atoms with van der Waals surface area (Å²) in [5, 5.41) is 14.7. The first kappa shape index (κ1) is 12.1. The number of hydrogen-bond acceptors (Lipinski definition) is 5. The van der Waals surface area contributed by atoms with Crippen LogP contribution in [-0.2, 0) is 12.3 Å². The molecule has 0 spiro atoms. The summed E-state index contributed by atoms with van der Waals surface area (Å²) in [6.07, 6.45) is 1.54. The van der Waals surface area contributed by atoms with E-state index >= 15 is 0 Å². The van der Waals surface area contributed by atoms with Crippen molar-refractivity contribution in [1.82, 2.24) is 14.8 Å². The van der Waals surface area contributed by atoms with Crippen LogP contribution < -0.4 is 0 Å². The lowest BCUT2D eigenvalue weighted by Crippen LogP contribution is -2.01. The molecule has 0 aliphatic heterocycles. The molecule has 2 rings (SSSR count). The van der Waals surface area contributed by atoms with Crippen LogP contribution in [0.15, 0.2) is 22.7 Å². The Balaban J connectivity index is 2.00. The van der Waals surface area contributed by atoms with Gasteiger partial charge in [-0.25, -0.2) is 14.5 Å². The van der Waals surface area contributed by atoms with E-state index in [0.29, 0.717) is 10.6 Å². The predicted molar refractivity (Wildman–Crippen MR) is 66.5 cm³/mol. The van der Waals surface area contributed by atoms with Gasteiger partial charge in [0.25, 0.3) is 0 Å². The standard InChI is InChI=1S/C10H11N3O2S2/c1-2-13-9(11-6-12-13)5-16-7-3-8(10(14)15)17-4-7/h3-4,6H,2,5H2,1H3,(H,14,15). The van der Waals surface area contributed by atoms with Gasteiger partial charge in [-0.05, 0) is 13.0 Å². The second-order valence-electron chi connectivity index (χ2n) is 3.23. The van der Waals surface area contributed by atoms with Crippen molar-refractivity contribution in [2.75, 3.05) is 0 Å². The van der Waals surface area contributed by atoms with Crippen LogP contribution >= 0.6 is 23.1 Å². The highest BCUT2D eigenvalue weighted by molar-refractivity contribution is 7.98. The zero-order valence-corrected chi connectivity index (χ0v) is 10.8. The van der Waals surface area contributed by atoms with E-state index in [1.54, 1.807) is 17.8 Å². The van der Waals surface area contributed by atoms with Crippen LogP contribution in [0.1, 0.15) is 22.4 Å². The molecule has 0 aliphatic carbocycles. The first-order chi connectivity index (χ1) is 8.20. The molecule has 2 aromatic rings. The lowest BCUT2D eigenvalue weighted by Gasteiger charge is -2.01. The smallest absolute Gasteiger partial charge is 0.345 e. The van der Waals surface area contributed by atoms with Gasteiger partial charge in [0.15, 0.2) is 0 Å². The second kappa shape index (κ2) is 5.33. The predicted octanol–water partition coefficient (Wildman–Crippen LogP) is 2.35. The van der Waals surface area contributed by atoms with E-state index < -0.39 is 5.97 Å². The average molecular weight is 269 g/mol. The molecule has 0 aliphatic rings. The van der Waals surface area contributed by atoms with Crippen LogP contribution in [0.25, 0.3) is 0 Å². The molecule has 0 radical (unpaired) electrons. The van der Waals surface area contributed by atoms with Gasteiger partial charge in [0.05, 0.1) is 5.75 Å². The van der Waals surface area contributed by atoms with E-state index in [2.05, 4.69) is 10.1 Å². The molecule has 17 heavy (non-hydrogen) atoms. The molecule has 2 aromatic heterocycles. The van der Waals surface area contributed by atoms with E-state index in [4.69, 9.17) is 5.11 Å². The maximum atomic E-state index is 10.7. The van der Waals surface area contributed by atoms with Crippen LogP contribution in [0, 0.1) is 0 Å². The number of rotatable bonds is 5. The number of carboxylic acid groups (broad SMARTS) is 1. The van der Waals surface area contributed by atoms with Crippen LogP contribution in [0.4, 0.5) is 0 Å². The lowest BCUT2D eigenvalue weighted by molar-refractivity contribution is 0.0702. The summed E-state index contributed by atoms with van der Waals surface area (Å²) >= 11 is 2.81. The fourth-order valence-corrected chi connectivity index (χ4v) is 3.14. The summed E-state index contributed by atoms with van der Waals surface area (Å²) in [7, 11) is 0. The summed E-state index contributed by atoms with van der Waals surface area (Å²) in [6.45, 7) is 2.80. The number of aryl methyl sites for hydroxylation is 1. The Morgan fingerprint density at radius 1 is 1.65 bits per heavy atom. The zero-order valence-electron chi connectivity index (χ0n) is 9.16. The van der Waals surface area contributed by atoms with Crippen LogP contribution in [0.5, 0.6) is 0 Å². The Labute approximate surface area is 106 Å². The van der Waals surface area contributed by atoms with Gasteiger partial charge in [0, 0.05) is 16.8 Å². The fraction of sp³-hybridized carbons (Fsp3) is 0.300. The van der Waals surface area contributed by atoms with Gasteiger partial charge < -0.3 is 5.11 Å².